The number of nitrogens with two attached hydrogens (primary N) is 1. The van der Waals surface area contributed by atoms with E-state index in [-0.39, 0.29) is 0 Å². The molecular weight excluding hydrogens is 112 g/mol. The Kier molecular flexibility index (Phi) is 1.53. The second kappa shape index (κ2) is 1.96. The zero-order chi connectivity index (χ0) is 7.07. The van der Waals surface area contributed by atoms with Gasteiger partial charge in [0.1, 0.15) is 0 Å². The normalized spacial score (nSPS) is 34.7. The van der Waals surface area contributed by atoms with Crippen LogP contribution in [0.2, 0.25) is 0 Å². The van der Waals surface area contributed by atoms with Crippen molar-refractivity contribution >= 4 is 0 Å². The summed E-state index contributed by atoms with van der Waals surface area (Å²) >= 11 is 0. The molecule has 0 aromatic carbocycles. The Balaban J connectivity index is 2.33. The summed E-state index contributed by atoms with van der Waals surface area (Å²) in [6.45, 7) is 8.69. The van der Waals surface area contributed by atoms with Crippen LogP contribution in [-0.2, 0) is 0 Å². The molecule has 0 aromatic rings. The van der Waals surface area contributed by atoms with E-state index >= 15 is 0 Å². The first-order valence-corrected chi connectivity index (χ1v) is 3.52. The highest BCUT2D eigenvalue weighted by Crippen LogP contribution is 2.27. The topological polar surface area (TPSA) is 29.0 Å². The number of hydrogen-bond acceptors (Lipinski definition) is 2. The van der Waals surface area contributed by atoms with Crippen molar-refractivity contribution in [2.75, 3.05) is 13.1 Å². The summed E-state index contributed by atoms with van der Waals surface area (Å²) in [6, 6.07) is 0.671. The van der Waals surface area contributed by atoms with Crippen LogP contribution in [0.25, 0.3) is 0 Å². The van der Waals surface area contributed by atoms with Crippen molar-refractivity contribution in [2.24, 2.45) is 5.73 Å². The van der Waals surface area contributed by atoms with Crippen LogP contribution in [0.5, 0.6) is 0 Å². The third-order valence-electron chi connectivity index (χ3n) is 1.85. The van der Waals surface area contributed by atoms with E-state index in [0.29, 0.717) is 11.6 Å². The van der Waals surface area contributed by atoms with Crippen molar-refractivity contribution in [3.05, 3.63) is 0 Å². The lowest BCUT2D eigenvalue weighted by molar-refractivity contribution is 0.288. The van der Waals surface area contributed by atoms with Gasteiger partial charge in [-0.1, -0.05) is 0 Å². The molecule has 0 aromatic heterocycles. The molecule has 9 heavy (non-hydrogen) atoms. The molecular formula is C7H16N2. The standard InChI is InChI=1S/C7H16N2/c1-7(2,3)9-5-6(9)4-8/h6H,4-5,8H2,1-3H3. The highest BCUT2D eigenvalue weighted by atomic mass is 15.4. The third-order valence-corrected chi connectivity index (χ3v) is 1.85. The van der Waals surface area contributed by atoms with Crippen LogP contribution in [0, 0.1) is 0 Å². The first-order chi connectivity index (χ1) is 4.05. The van der Waals surface area contributed by atoms with Gasteiger partial charge in [0.2, 0.25) is 0 Å². The maximum absolute atomic E-state index is 5.48. The van der Waals surface area contributed by atoms with Crippen molar-refractivity contribution in [3.63, 3.8) is 0 Å². The van der Waals surface area contributed by atoms with Crippen LogP contribution < -0.4 is 5.73 Å². The van der Waals surface area contributed by atoms with Crippen LogP contribution in [-0.4, -0.2) is 29.6 Å². The van der Waals surface area contributed by atoms with Crippen LogP contribution in [0.1, 0.15) is 20.8 Å². The summed E-state index contributed by atoms with van der Waals surface area (Å²) in [4.78, 5) is 2.41. The monoisotopic (exact) mass is 128 g/mol. The molecule has 0 radical (unpaired) electrons. The Labute approximate surface area is 57.0 Å². The average Bonchev–Trinajstić information content (AvgIpc) is 2.39. The van der Waals surface area contributed by atoms with Crippen molar-refractivity contribution in [2.45, 2.75) is 32.4 Å². The lowest BCUT2D eigenvalue weighted by Gasteiger charge is -2.20. The van der Waals surface area contributed by atoms with Crippen molar-refractivity contribution in [1.82, 2.24) is 4.90 Å². The SMILES string of the molecule is CC(C)(C)N1CC1CN. The minimum absolute atomic E-state index is 0.337. The molecule has 2 atom stereocenters. The first-order valence-electron chi connectivity index (χ1n) is 3.52. The van der Waals surface area contributed by atoms with Crippen LogP contribution >= 0.6 is 0 Å². The van der Waals surface area contributed by atoms with Gasteiger partial charge < -0.3 is 5.73 Å². The molecule has 1 fully saturated rings. The molecule has 0 aliphatic carbocycles. The van der Waals surface area contributed by atoms with E-state index in [1.165, 1.54) is 6.54 Å². The highest BCUT2D eigenvalue weighted by molar-refractivity contribution is 4.97. The largest absolute Gasteiger partial charge is 0.329 e. The molecule has 0 saturated carbocycles. The summed E-state index contributed by atoms with van der Waals surface area (Å²) in [5, 5.41) is 0. The predicted octanol–water partition coefficient (Wildman–Crippen LogP) is 0.428. The van der Waals surface area contributed by atoms with Gasteiger partial charge in [0.05, 0.1) is 0 Å². The minimum atomic E-state index is 0.337. The Hall–Kier alpha value is -0.0800. The van der Waals surface area contributed by atoms with E-state index in [0.717, 1.165) is 6.54 Å². The Morgan fingerprint density at radius 2 is 2.11 bits per heavy atom. The second-order valence-electron chi connectivity index (χ2n) is 3.71. The Bertz CT molecular complexity index is 104. The average molecular weight is 128 g/mol. The molecule has 54 valence electrons. The number of nitrogens with zero attached hydrogens (tertiary/aromatic N) is 1. The molecule has 2 N–H and O–H groups in total. The predicted molar refractivity (Wildman–Crippen MR) is 39.3 cm³/mol. The fourth-order valence-electron chi connectivity index (χ4n) is 1.20. The van der Waals surface area contributed by atoms with E-state index in [1.54, 1.807) is 0 Å². The van der Waals surface area contributed by atoms with Gasteiger partial charge >= 0.3 is 0 Å². The smallest absolute Gasteiger partial charge is 0.0351 e. The first kappa shape index (κ1) is 7.03. The maximum atomic E-state index is 5.48. The van der Waals surface area contributed by atoms with E-state index in [4.69, 9.17) is 5.73 Å². The summed E-state index contributed by atoms with van der Waals surface area (Å²) in [5.74, 6) is 0. The van der Waals surface area contributed by atoms with Gasteiger partial charge in [-0.15, -0.1) is 0 Å². The van der Waals surface area contributed by atoms with E-state index in [9.17, 15) is 0 Å². The molecule has 2 heteroatoms. The van der Waals surface area contributed by atoms with Gasteiger partial charge in [-0.2, -0.15) is 0 Å². The molecule has 2 nitrogen and oxygen atoms in total. The molecule has 0 amide bonds. The molecule has 1 rings (SSSR count). The van der Waals surface area contributed by atoms with Gasteiger partial charge in [-0.25, -0.2) is 0 Å². The third kappa shape index (κ3) is 1.43. The maximum Gasteiger partial charge on any atom is 0.0351 e. The van der Waals surface area contributed by atoms with Gasteiger partial charge in [-0.05, 0) is 20.8 Å². The summed E-state index contributed by atoms with van der Waals surface area (Å²) < 4.78 is 0. The number of rotatable bonds is 1. The molecule has 2 unspecified atom stereocenters. The van der Waals surface area contributed by atoms with Crippen LogP contribution in [0.15, 0.2) is 0 Å². The van der Waals surface area contributed by atoms with Crippen molar-refractivity contribution in [3.8, 4) is 0 Å². The summed E-state index contributed by atoms with van der Waals surface area (Å²) in [7, 11) is 0. The van der Waals surface area contributed by atoms with E-state index < -0.39 is 0 Å². The lowest BCUT2D eigenvalue weighted by Crippen LogP contribution is -2.29. The zero-order valence-corrected chi connectivity index (χ0v) is 6.52. The van der Waals surface area contributed by atoms with Crippen molar-refractivity contribution < 1.29 is 0 Å². The fourth-order valence-corrected chi connectivity index (χ4v) is 1.20. The molecule has 1 aliphatic heterocycles. The molecule has 0 bridgehead atoms. The second-order valence-corrected chi connectivity index (χ2v) is 3.71. The molecule has 1 saturated heterocycles. The van der Waals surface area contributed by atoms with Crippen LogP contribution in [0.3, 0.4) is 0 Å². The Morgan fingerprint density at radius 1 is 1.56 bits per heavy atom. The number of hydrogen-bond donors (Lipinski definition) is 1. The van der Waals surface area contributed by atoms with Gasteiger partial charge in [0.15, 0.2) is 0 Å². The van der Waals surface area contributed by atoms with Crippen LogP contribution in [0.4, 0.5) is 0 Å². The summed E-state index contributed by atoms with van der Waals surface area (Å²) in [6.07, 6.45) is 0. The minimum Gasteiger partial charge on any atom is -0.329 e. The molecule has 1 aliphatic rings. The Morgan fingerprint density at radius 3 is 2.22 bits per heavy atom. The molecule has 0 spiro atoms. The highest BCUT2D eigenvalue weighted by Gasteiger charge is 2.40. The lowest BCUT2D eigenvalue weighted by atomic mass is 10.1. The van der Waals surface area contributed by atoms with Gasteiger partial charge in [0, 0.05) is 24.7 Å². The summed E-state index contributed by atoms with van der Waals surface area (Å²) in [5.41, 5.74) is 5.82. The molecule has 1 heterocycles. The van der Waals surface area contributed by atoms with Gasteiger partial charge in [0.25, 0.3) is 0 Å². The fraction of sp³-hybridized carbons (Fsp3) is 1.00. The zero-order valence-electron chi connectivity index (χ0n) is 6.52. The quantitative estimate of drug-likeness (QED) is 0.519. The van der Waals surface area contributed by atoms with Crippen molar-refractivity contribution in [1.29, 1.82) is 0 Å². The van der Waals surface area contributed by atoms with E-state index in [2.05, 4.69) is 25.7 Å². The van der Waals surface area contributed by atoms with E-state index in [1.807, 2.05) is 0 Å². The van der Waals surface area contributed by atoms with Gasteiger partial charge in [-0.3, -0.25) is 4.90 Å².